The van der Waals surface area contributed by atoms with Crippen LogP contribution in [0, 0.1) is 0 Å². The van der Waals surface area contributed by atoms with E-state index in [1.54, 1.807) is 11.9 Å². The summed E-state index contributed by atoms with van der Waals surface area (Å²) in [4.78, 5) is 4.85. The minimum atomic E-state index is -4.43. The molecule has 2 atom stereocenters. The molecule has 0 radical (unpaired) electrons. The number of alkyl halides is 3. The van der Waals surface area contributed by atoms with E-state index in [4.69, 9.17) is 0 Å². The number of nitrogens with one attached hydrogen (secondary N) is 3. The Kier molecular flexibility index (Phi) is 8.48. The van der Waals surface area contributed by atoms with Gasteiger partial charge >= 0.3 is 6.18 Å². The number of nitrogens with zero attached hydrogens (tertiary/aromatic N) is 2. The molecule has 5 N–H and O–H groups in total. The summed E-state index contributed by atoms with van der Waals surface area (Å²) >= 11 is 1.54. The molecule has 0 aliphatic carbocycles. The van der Waals surface area contributed by atoms with Gasteiger partial charge in [-0.1, -0.05) is 12.1 Å². The van der Waals surface area contributed by atoms with Gasteiger partial charge < -0.3 is 15.7 Å². The number of aliphatic hydroxyl groups excluding tert-OH is 1. The van der Waals surface area contributed by atoms with Crippen molar-refractivity contribution in [1.82, 2.24) is 20.1 Å². The van der Waals surface area contributed by atoms with E-state index in [9.17, 15) is 23.5 Å². The average molecular weight is 534 g/mol. The van der Waals surface area contributed by atoms with Crippen molar-refractivity contribution < 1.29 is 23.5 Å². The lowest BCUT2D eigenvalue weighted by Crippen LogP contribution is -2.47. The van der Waals surface area contributed by atoms with Gasteiger partial charge in [0.2, 0.25) is 0 Å². The lowest BCUT2D eigenvalue weighted by molar-refractivity contribution is -0.137. The first-order valence-corrected chi connectivity index (χ1v) is 12.7. The molecule has 2 unspecified atom stereocenters. The third kappa shape index (κ3) is 6.67. The Morgan fingerprint density at radius 3 is 2.49 bits per heavy atom. The molecule has 3 heterocycles. The fraction of sp³-hybridized carbons (Fsp3) is 0.346. The fourth-order valence-corrected chi connectivity index (χ4v) is 5.38. The van der Waals surface area contributed by atoms with Gasteiger partial charge in [0.05, 0.1) is 17.7 Å². The van der Waals surface area contributed by atoms with Gasteiger partial charge in [-0.25, -0.2) is 9.29 Å². The predicted octanol–water partition coefficient (Wildman–Crippen LogP) is 4.80. The number of aliphatic hydroxyl groups is 1. The van der Waals surface area contributed by atoms with Crippen LogP contribution in [0.4, 0.5) is 19.0 Å². The zero-order chi connectivity index (χ0) is 26.6. The Labute approximate surface area is 218 Å². The van der Waals surface area contributed by atoms with Crippen molar-refractivity contribution in [3.8, 4) is 0 Å². The maximum atomic E-state index is 12.7. The van der Waals surface area contributed by atoms with E-state index in [0.717, 1.165) is 46.0 Å². The van der Waals surface area contributed by atoms with Crippen LogP contribution in [0.5, 0.6) is 0 Å². The van der Waals surface area contributed by atoms with Crippen LogP contribution in [0.25, 0.3) is 5.57 Å². The van der Waals surface area contributed by atoms with Crippen molar-refractivity contribution in [2.45, 2.75) is 43.5 Å². The monoisotopic (exact) mass is 533 g/mol. The molecule has 2 aliphatic rings. The first kappa shape index (κ1) is 27.1. The third-order valence-corrected chi connectivity index (χ3v) is 7.51. The number of pyridine rings is 1. The number of rotatable bonds is 7. The van der Waals surface area contributed by atoms with Crippen LogP contribution in [0.1, 0.15) is 31.4 Å². The molecule has 0 amide bonds. The van der Waals surface area contributed by atoms with E-state index < -0.39 is 17.8 Å². The molecule has 1 aromatic carbocycles. The Bertz CT molecular complexity index is 1180. The molecule has 0 bridgehead atoms. The van der Waals surface area contributed by atoms with Crippen molar-refractivity contribution in [1.29, 1.82) is 0 Å². The molecule has 37 heavy (non-hydrogen) atoms. The van der Waals surface area contributed by atoms with Crippen molar-refractivity contribution in [2.24, 2.45) is 0 Å². The third-order valence-electron chi connectivity index (χ3n) is 6.44. The molecule has 4 rings (SSSR count). The molecule has 1 saturated heterocycles. The van der Waals surface area contributed by atoms with Crippen molar-refractivity contribution in [3.63, 3.8) is 0 Å². The van der Waals surface area contributed by atoms with Crippen molar-refractivity contribution in [3.05, 3.63) is 82.8 Å². The lowest BCUT2D eigenvalue weighted by atomic mass is 9.93. The smallest absolute Gasteiger partial charge is 0.390 e. The number of β-amino-alcohol motifs (C(OH)–C–C–N with tert-alkyl or cyclic N) is 1. The highest BCUT2D eigenvalue weighted by molar-refractivity contribution is 7.97. The van der Waals surface area contributed by atoms with Crippen LogP contribution in [-0.4, -0.2) is 51.4 Å². The Morgan fingerprint density at radius 1 is 1.16 bits per heavy atom. The molecule has 2 aromatic rings. The maximum absolute atomic E-state index is 12.7. The number of anilines is 1. The number of halogens is 3. The SMILES string of the molecule is C/C(NO)=C(/C(C)=C1/C=CNC1)c1ccc(SN2CCC(Nc3ccc(C(F)(F)F)cn3)C(O)C2)cc1. The second-order valence-electron chi connectivity index (χ2n) is 9.02. The van der Waals surface area contributed by atoms with Gasteiger partial charge in [-0.15, -0.1) is 0 Å². The number of piperidine rings is 1. The topological polar surface area (TPSA) is 92.7 Å². The molecule has 11 heteroatoms. The number of benzene rings is 1. The Balaban J connectivity index is 1.37. The Morgan fingerprint density at radius 2 is 1.92 bits per heavy atom. The Hall–Kier alpha value is -2.99. The van der Waals surface area contributed by atoms with Crippen LogP contribution < -0.4 is 16.1 Å². The van der Waals surface area contributed by atoms with Crippen LogP contribution in [0.3, 0.4) is 0 Å². The van der Waals surface area contributed by atoms with E-state index in [1.165, 1.54) is 6.07 Å². The average Bonchev–Trinajstić information content (AvgIpc) is 3.42. The first-order chi connectivity index (χ1) is 17.7. The molecule has 0 saturated carbocycles. The molecule has 198 valence electrons. The summed E-state index contributed by atoms with van der Waals surface area (Å²) in [6.07, 6.45) is 0.199. The first-order valence-electron chi connectivity index (χ1n) is 11.9. The number of hydrogen-bond acceptors (Lipinski definition) is 8. The van der Waals surface area contributed by atoms with Crippen LogP contribution in [-0.2, 0) is 6.18 Å². The second-order valence-corrected chi connectivity index (χ2v) is 10.2. The van der Waals surface area contributed by atoms with Crippen LogP contribution >= 0.6 is 11.9 Å². The number of hydroxylamine groups is 1. The van der Waals surface area contributed by atoms with Gasteiger partial charge in [0.25, 0.3) is 0 Å². The number of allylic oxidation sites excluding steroid dienone is 3. The quantitative estimate of drug-likeness (QED) is 0.256. The second kappa shape index (κ2) is 11.6. The lowest BCUT2D eigenvalue weighted by Gasteiger charge is -2.35. The minimum absolute atomic E-state index is 0.305. The molecular weight excluding hydrogens is 503 g/mol. The van der Waals surface area contributed by atoms with Crippen LogP contribution in [0.15, 0.2) is 76.6 Å². The van der Waals surface area contributed by atoms with Gasteiger partial charge in [-0.2, -0.15) is 13.2 Å². The minimum Gasteiger partial charge on any atom is -0.390 e. The zero-order valence-electron chi connectivity index (χ0n) is 20.5. The van der Waals surface area contributed by atoms with Gasteiger partial charge in [0.1, 0.15) is 5.82 Å². The summed E-state index contributed by atoms with van der Waals surface area (Å²) in [5.41, 5.74) is 6.26. The molecule has 2 aliphatic heterocycles. The summed E-state index contributed by atoms with van der Waals surface area (Å²) in [5, 5.41) is 26.4. The van der Waals surface area contributed by atoms with E-state index >= 15 is 0 Å². The predicted molar refractivity (Wildman–Crippen MR) is 139 cm³/mol. The summed E-state index contributed by atoms with van der Waals surface area (Å²) in [6.45, 7) is 5.68. The molecule has 1 fully saturated rings. The molecule has 7 nitrogen and oxygen atoms in total. The fourth-order valence-electron chi connectivity index (χ4n) is 4.40. The van der Waals surface area contributed by atoms with Crippen molar-refractivity contribution in [2.75, 3.05) is 25.0 Å². The molecule has 1 aromatic heterocycles. The van der Waals surface area contributed by atoms with E-state index in [1.807, 2.05) is 50.4 Å². The largest absolute Gasteiger partial charge is 0.417 e. The van der Waals surface area contributed by atoms with Crippen molar-refractivity contribution >= 4 is 23.3 Å². The zero-order valence-corrected chi connectivity index (χ0v) is 21.3. The van der Waals surface area contributed by atoms with E-state index in [0.29, 0.717) is 31.0 Å². The highest BCUT2D eigenvalue weighted by Gasteiger charge is 2.32. The summed E-state index contributed by atoms with van der Waals surface area (Å²) in [6, 6.07) is 9.99. The standard InChI is InChI=1S/C26H30F3N5O2S/c1-16(19-9-11-30-13-19)25(17(2)33-36)18-3-6-21(7-4-18)37-34-12-10-22(23(35)15-34)32-24-8-5-20(14-31-24)26(27,28)29/h3-9,11,14,22-23,30,33,35-36H,10,12-13,15H2,1-2H3,(H,31,32)/b19-16-,25-17+. The summed E-state index contributed by atoms with van der Waals surface area (Å²) in [5.74, 6) is 0.305. The van der Waals surface area contributed by atoms with E-state index in [-0.39, 0.29) is 6.04 Å². The maximum Gasteiger partial charge on any atom is 0.417 e. The number of aromatic nitrogens is 1. The normalized spacial score (nSPS) is 22.4. The highest BCUT2D eigenvalue weighted by Crippen LogP contribution is 2.33. The van der Waals surface area contributed by atoms with Gasteiger partial charge in [0.15, 0.2) is 0 Å². The summed E-state index contributed by atoms with van der Waals surface area (Å²) in [7, 11) is 0. The van der Waals surface area contributed by atoms with Gasteiger partial charge in [0, 0.05) is 42.0 Å². The molecular formula is C26H30F3N5O2S. The van der Waals surface area contributed by atoms with E-state index in [2.05, 4.69) is 25.4 Å². The van der Waals surface area contributed by atoms with Gasteiger partial charge in [-0.3, -0.25) is 10.7 Å². The van der Waals surface area contributed by atoms with Gasteiger partial charge in [-0.05, 0) is 85.5 Å². The van der Waals surface area contributed by atoms with Crippen LogP contribution in [0.2, 0.25) is 0 Å². The summed E-state index contributed by atoms with van der Waals surface area (Å²) < 4.78 is 40.3. The highest BCUT2D eigenvalue weighted by atomic mass is 32.2. The molecule has 0 spiro atoms. The number of hydrogen-bond donors (Lipinski definition) is 5.